The lowest BCUT2D eigenvalue weighted by atomic mass is 9.96. The molecule has 26 heavy (non-hydrogen) atoms. The van der Waals surface area contributed by atoms with Gasteiger partial charge in [-0.3, -0.25) is 14.2 Å². The molecule has 0 fully saturated rings. The lowest BCUT2D eigenvalue weighted by molar-refractivity contribution is -0.144. The Balaban J connectivity index is 2.48. The second-order valence-electron chi connectivity index (χ2n) is 6.87. The van der Waals surface area contributed by atoms with Gasteiger partial charge in [-0.25, -0.2) is 9.78 Å². The van der Waals surface area contributed by atoms with Gasteiger partial charge in [0.15, 0.2) is 0 Å². The predicted octanol–water partition coefficient (Wildman–Crippen LogP) is 2.21. The molecule has 7 heteroatoms. The van der Waals surface area contributed by atoms with E-state index in [2.05, 4.69) is 10.3 Å². The predicted molar refractivity (Wildman–Crippen MR) is 98.9 cm³/mol. The van der Waals surface area contributed by atoms with Gasteiger partial charge in [-0.15, -0.1) is 0 Å². The third-order valence-electron chi connectivity index (χ3n) is 4.67. The lowest BCUT2D eigenvalue weighted by Gasteiger charge is -2.27. The van der Waals surface area contributed by atoms with E-state index in [0.29, 0.717) is 17.3 Å². The molecule has 0 saturated carbocycles. The van der Waals surface area contributed by atoms with Crippen LogP contribution in [0.5, 0.6) is 0 Å². The number of aliphatic carboxylic acids is 1. The first-order valence-electron chi connectivity index (χ1n) is 8.77. The summed E-state index contributed by atoms with van der Waals surface area (Å²) in [4.78, 5) is 41.5. The number of aromatic nitrogens is 2. The van der Waals surface area contributed by atoms with Crippen LogP contribution in [0.25, 0.3) is 10.9 Å². The molecule has 0 spiro atoms. The smallest absolute Gasteiger partial charge is 0.326 e. The zero-order chi connectivity index (χ0) is 19.4. The molecule has 3 unspecified atom stereocenters. The monoisotopic (exact) mass is 359 g/mol. The Labute approximate surface area is 152 Å². The van der Waals surface area contributed by atoms with Gasteiger partial charge >= 0.3 is 5.97 Å². The van der Waals surface area contributed by atoms with E-state index in [9.17, 15) is 19.5 Å². The minimum atomic E-state index is -1.10. The standard InChI is InChI=1S/C19H25N3O4/c1-5-12(4)16(17(23)21-15(11(2)3)19(25)26)22-10-20-14-9-7-6-8-13(14)18(22)24/h6-12,15-16H,5H2,1-4H3,(H,21,23)(H,25,26). The van der Waals surface area contributed by atoms with E-state index >= 15 is 0 Å². The maximum Gasteiger partial charge on any atom is 0.326 e. The molecule has 0 aliphatic carbocycles. The third-order valence-corrected chi connectivity index (χ3v) is 4.67. The Morgan fingerprint density at radius 3 is 2.46 bits per heavy atom. The van der Waals surface area contributed by atoms with Gasteiger partial charge in [-0.1, -0.05) is 46.2 Å². The van der Waals surface area contributed by atoms with Gasteiger partial charge in [0, 0.05) is 0 Å². The number of nitrogens with zero attached hydrogens (tertiary/aromatic N) is 2. The summed E-state index contributed by atoms with van der Waals surface area (Å²) in [6, 6.07) is 5.09. The summed E-state index contributed by atoms with van der Waals surface area (Å²) in [5.74, 6) is -2.03. The highest BCUT2D eigenvalue weighted by atomic mass is 16.4. The van der Waals surface area contributed by atoms with Gasteiger partial charge in [-0.2, -0.15) is 0 Å². The third kappa shape index (κ3) is 3.92. The summed E-state index contributed by atoms with van der Waals surface area (Å²) in [5, 5.41) is 12.3. The molecule has 0 aliphatic rings. The van der Waals surface area contributed by atoms with Crippen LogP contribution in [-0.4, -0.2) is 32.6 Å². The molecule has 1 aromatic heterocycles. The molecule has 0 radical (unpaired) electrons. The molecule has 1 amide bonds. The molecule has 0 aliphatic heterocycles. The van der Waals surface area contributed by atoms with Crippen molar-refractivity contribution in [3.05, 3.63) is 40.9 Å². The number of hydrogen-bond donors (Lipinski definition) is 2. The number of nitrogens with one attached hydrogen (secondary N) is 1. The number of benzene rings is 1. The van der Waals surface area contributed by atoms with Crippen LogP contribution in [0.15, 0.2) is 35.4 Å². The largest absolute Gasteiger partial charge is 0.480 e. The first-order chi connectivity index (χ1) is 12.3. The van der Waals surface area contributed by atoms with Crippen molar-refractivity contribution in [1.29, 1.82) is 0 Å². The number of rotatable bonds is 7. The Bertz CT molecular complexity index is 859. The van der Waals surface area contributed by atoms with Crippen molar-refractivity contribution in [3.8, 4) is 0 Å². The second kappa shape index (κ2) is 8.12. The molecule has 2 N–H and O–H groups in total. The van der Waals surface area contributed by atoms with Crippen molar-refractivity contribution in [2.75, 3.05) is 0 Å². The van der Waals surface area contributed by atoms with Crippen molar-refractivity contribution in [2.24, 2.45) is 11.8 Å². The van der Waals surface area contributed by atoms with Gasteiger partial charge in [0.25, 0.3) is 5.56 Å². The summed E-state index contributed by atoms with van der Waals surface area (Å²) < 4.78 is 1.31. The lowest BCUT2D eigenvalue weighted by Crippen LogP contribution is -2.49. The zero-order valence-corrected chi connectivity index (χ0v) is 15.5. The van der Waals surface area contributed by atoms with Crippen LogP contribution in [0.3, 0.4) is 0 Å². The fraction of sp³-hybridized carbons (Fsp3) is 0.474. The maximum atomic E-state index is 12.9. The number of carboxylic acids is 1. The molecule has 0 saturated heterocycles. The summed E-state index contributed by atoms with van der Waals surface area (Å²) in [6.07, 6.45) is 2.02. The van der Waals surface area contributed by atoms with Crippen molar-refractivity contribution in [2.45, 2.75) is 46.2 Å². The number of carbonyl (C=O) groups excluding carboxylic acids is 1. The normalized spacial score (nSPS) is 14.8. The molecule has 2 aromatic rings. The van der Waals surface area contributed by atoms with Crippen LogP contribution < -0.4 is 10.9 Å². The molecule has 1 aromatic carbocycles. The number of fused-ring (bicyclic) bond motifs is 1. The summed E-state index contributed by atoms with van der Waals surface area (Å²) in [5.41, 5.74) is 0.245. The molecule has 3 atom stereocenters. The number of amides is 1. The fourth-order valence-electron chi connectivity index (χ4n) is 2.92. The topological polar surface area (TPSA) is 101 Å². The molecule has 1 heterocycles. The molecular weight excluding hydrogens is 334 g/mol. The quantitative estimate of drug-likeness (QED) is 0.789. The van der Waals surface area contributed by atoms with Gasteiger partial charge in [0.1, 0.15) is 12.1 Å². The van der Waals surface area contributed by atoms with Gasteiger partial charge in [0.05, 0.1) is 17.2 Å². The SMILES string of the molecule is CCC(C)C(C(=O)NC(C(=O)O)C(C)C)n1cnc2ccccc2c1=O. The highest BCUT2D eigenvalue weighted by Crippen LogP contribution is 2.21. The molecule has 140 valence electrons. The van der Waals surface area contributed by atoms with E-state index in [1.165, 1.54) is 10.9 Å². The van der Waals surface area contributed by atoms with E-state index in [0.717, 1.165) is 0 Å². The first kappa shape index (κ1) is 19.6. The summed E-state index contributed by atoms with van der Waals surface area (Å²) in [7, 11) is 0. The first-order valence-corrected chi connectivity index (χ1v) is 8.77. The number of carboxylic acid groups (broad SMARTS) is 1. The zero-order valence-electron chi connectivity index (χ0n) is 15.5. The summed E-state index contributed by atoms with van der Waals surface area (Å²) >= 11 is 0. The van der Waals surface area contributed by atoms with Crippen molar-refractivity contribution < 1.29 is 14.7 Å². The second-order valence-corrected chi connectivity index (χ2v) is 6.87. The van der Waals surface area contributed by atoms with E-state index < -0.39 is 24.0 Å². The van der Waals surface area contributed by atoms with Gasteiger partial charge in [0.2, 0.25) is 5.91 Å². The Hall–Kier alpha value is -2.70. The number of hydrogen-bond acceptors (Lipinski definition) is 4. The molecule has 0 bridgehead atoms. The van der Waals surface area contributed by atoms with Crippen LogP contribution in [0.1, 0.15) is 40.2 Å². The van der Waals surface area contributed by atoms with Crippen LogP contribution in [0.2, 0.25) is 0 Å². The van der Waals surface area contributed by atoms with Gasteiger partial charge < -0.3 is 10.4 Å². The number of para-hydroxylation sites is 1. The van der Waals surface area contributed by atoms with E-state index in [1.54, 1.807) is 38.1 Å². The van der Waals surface area contributed by atoms with Crippen LogP contribution >= 0.6 is 0 Å². The van der Waals surface area contributed by atoms with Crippen molar-refractivity contribution in [3.63, 3.8) is 0 Å². The molecule has 2 rings (SSSR count). The van der Waals surface area contributed by atoms with Crippen LogP contribution in [-0.2, 0) is 9.59 Å². The number of carbonyl (C=O) groups is 2. The van der Waals surface area contributed by atoms with Crippen molar-refractivity contribution in [1.82, 2.24) is 14.9 Å². The average Bonchev–Trinajstić information content (AvgIpc) is 2.61. The highest BCUT2D eigenvalue weighted by molar-refractivity contribution is 5.86. The van der Waals surface area contributed by atoms with E-state index in [1.807, 2.05) is 13.8 Å². The minimum Gasteiger partial charge on any atom is -0.480 e. The maximum absolute atomic E-state index is 12.9. The highest BCUT2D eigenvalue weighted by Gasteiger charge is 2.32. The Morgan fingerprint density at radius 2 is 1.88 bits per heavy atom. The molecule has 7 nitrogen and oxygen atoms in total. The van der Waals surface area contributed by atoms with Crippen molar-refractivity contribution >= 4 is 22.8 Å². The Morgan fingerprint density at radius 1 is 1.23 bits per heavy atom. The Kier molecular flexibility index (Phi) is 6.13. The van der Waals surface area contributed by atoms with E-state index in [4.69, 9.17) is 0 Å². The van der Waals surface area contributed by atoms with Crippen LogP contribution in [0, 0.1) is 11.8 Å². The van der Waals surface area contributed by atoms with Crippen LogP contribution in [0.4, 0.5) is 0 Å². The summed E-state index contributed by atoms with van der Waals surface area (Å²) in [6.45, 7) is 7.22. The fourth-order valence-corrected chi connectivity index (χ4v) is 2.92. The average molecular weight is 359 g/mol. The molecular formula is C19H25N3O4. The van der Waals surface area contributed by atoms with E-state index in [-0.39, 0.29) is 17.4 Å². The van der Waals surface area contributed by atoms with Gasteiger partial charge in [-0.05, 0) is 24.0 Å². The minimum absolute atomic E-state index is 0.169.